The molecule has 0 aromatic heterocycles. The number of amides is 4. The fourth-order valence-electron chi connectivity index (χ4n) is 4.61. The number of hydrogen-bond donors (Lipinski definition) is 10. The van der Waals surface area contributed by atoms with Crippen LogP contribution in [0.15, 0.2) is 0 Å². The van der Waals surface area contributed by atoms with Gasteiger partial charge in [0.2, 0.25) is 23.6 Å². The van der Waals surface area contributed by atoms with E-state index in [1.54, 1.807) is 7.05 Å². The first kappa shape index (κ1) is 44.4. The van der Waals surface area contributed by atoms with Crippen LogP contribution in [0.1, 0.15) is 84.5 Å². The zero-order chi connectivity index (χ0) is 37.5. The normalized spacial score (nSPS) is 13.9. The van der Waals surface area contributed by atoms with Gasteiger partial charge in [-0.1, -0.05) is 0 Å². The van der Waals surface area contributed by atoms with E-state index in [4.69, 9.17) is 5.11 Å². The maximum atomic E-state index is 12.4. The van der Waals surface area contributed by atoms with Crippen molar-refractivity contribution in [2.45, 2.75) is 115 Å². The average Bonchev–Trinajstić information content (AvgIpc) is 3.00. The van der Waals surface area contributed by atoms with Crippen LogP contribution in [0, 0.1) is 0 Å². The van der Waals surface area contributed by atoms with Gasteiger partial charge in [-0.05, 0) is 71.9 Å². The monoisotopic (exact) mass is 702 g/mol. The molecule has 0 bridgehead atoms. The van der Waals surface area contributed by atoms with Crippen molar-refractivity contribution >= 4 is 53.3 Å². The van der Waals surface area contributed by atoms with Crippen LogP contribution in [0.3, 0.4) is 0 Å². The Bertz CT molecular complexity index is 1170. The molecule has 0 aromatic rings. The number of likely N-dealkylation sites (N-methyl/N-ethyl adjacent to an activating group) is 1. The number of carbonyl (C=O) groups is 9. The molecule has 0 aliphatic carbocycles. The molecule has 10 N–H and O–H groups in total. The molecule has 0 heterocycles. The molecule has 5 atom stereocenters. The fourth-order valence-corrected chi connectivity index (χ4v) is 4.61. The minimum absolute atomic E-state index is 0.0124. The largest absolute Gasteiger partial charge is 0.480 e. The summed E-state index contributed by atoms with van der Waals surface area (Å²) in [4.78, 5) is 105. The van der Waals surface area contributed by atoms with Crippen LogP contribution >= 0.6 is 0 Å². The standard InChI is InChI=1S/C30H50N6O13/c1-17(37)19(31-3)7-4-5-15-33-24(39)12-10-23(30(48)49)36-25(40)13-9-20(27(42)43)32-16-6-8-21(28(44)45)35-26(41)14-11-22(29(46)47)34-18(2)38/h19-23,31-32H,4-16H2,1-3H3,(H,33,39)(H,34,38)(H,35,41)(H,36,40)(H,42,43)(H,44,45)(H,46,47)(H,48,49). The molecule has 0 aliphatic heterocycles. The van der Waals surface area contributed by atoms with E-state index in [0.29, 0.717) is 25.8 Å². The molecule has 0 rings (SSSR count). The summed E-state index contributed by atoms with van der Waals surface area (Å²) in [6, 6.07) is -5.56. The van der Waals surface area contributed by atoms with E-state index in [1.807, 2.05) is 0 Å². The van der Waals surface area contributed by atoms with Crippen molar-refractivity contribution in [2.75, 3.05) is 20.1 Å². The van der Waals surface area contributed by atoms with Crippen LogP contribution in [0.2, 0.25) is 0 Å². The summed E-state index contributed by atoms with van der Waals surface area (Å²) in [5.74, 6) is -7.91. The Morgan fingerprint density at radius 1 is 0.490 bits per heavy atom. The molecular weight excluding hydrogens is 652 g/mol. The number of hydrogen-bond acceptors (Lipinski definition) is 11. The number of carboxylic acid groups (broad SMARTS) is 4. The fraction of sp³-hybridized carbons (Fsp3) is 0.700. The van der Waals surface area contributed by atoms with Crippen molar-refractivity contribution in [1.29, 1.82) is 0 Å². The van der Waals surface area contributed by atoms with Crippen molar-refractivity contribution in [2.24, 2.45) is 0 Å². The Balaban J connectivity index is 4.64. The first-order valence-corrected chi connectivity index (χ1v) is 15.9. The summed E-state index contributed by atoms with van der Waals surface area (Å²) in [6.07, 6.45) is 0.278. The van der Waals surface area contributed by atoms with Crippen LogP contribution in [0.25, 0.3) is 0 Å². The highest BCUT2D eigenvalue weighted by Gasteiger charge is 2.25. The summed E-state index contributed by atoms with van der Waals surface area (Å²) < 4.78 is 0. The lowest BCUT2D eigenvalue weighted by molar-refractivity contribution is -0.143. The van der Waals surface area contributed by atoms with Gasteiger partial charge in [-0.15, -0.1) is 0 Å². The number of rotatable bonds is 28. The topological polar surface area (TPSA) is 307 Å². The molecule has 0 fully saturated rings. The van der Waals surface area contributed by atoms with E-state index in [2.05, 4.69) is 31.9 Å². The third-order valence-electron chi connectivity index (χ3n) is 7.36. The van der Waals surface area contributed by atoms with Gasteiger partial charge in [-0.25, -0.2) is 14.4 Å². The van der Waals surface area contributed by atoms with Crippen LogP contribution in [-0.2, 0) is 43.2 Å². The number of carboxylic acids is 4. The highest BCUT2D eigenvalue weighted by Crippen LogP contribution is 2.06. The van der Waals surface area contributed by atoms with Crippen LogP contribution in [0.5, 0.6) is 0 Å². The summed E-state index contributed by atoms with van der Waals surface area (Å²) >= 11 is 0. The van der Waals surface area contributed by atoms with Gasteiger partial charge in [0.05, 0.1) is 6.04 Å². The number of Topliss-reactive ketones (excluding diaryl/α,β-unsaturated/α-hetero) is 1. The first-order chi connectivity index (χ1) is 23.0. The Kier molecular flexibility index (Phi) is 22.2. The third-order valence-corrected chi connectivity index (χ3v) is 7.36. The Morgan fingerprint density at radius 2 is 0.918 bits per heavy atom. The SMILES string of the molecule is CNC(CCCCNC(=O)CCC(NC(=O)CCC(NCCCC(NC(=O)CCC(NC(C)=O)C(=O)O)C(=O)O)C(=O)O)C(=O)O)C(C)=O. The van der Waals surface area contributed by atoms with E-state index >= 15 is 0 Å². The van der Waals surface area contributed by atoms with Crippen molar-refractivity contribution < 1.29 is 63.6 Å². The van der Waals surface area contributed by atoms with E-state index in [1.165, 1.54) is 6.92 Å². The summed E-state index contributed by atoms with van der Waals surface area (Å²) in [5, 5.41) is 52.5. The second-order valence-electron chi connectivity index (χ2n) is 11.4. The van der Waals surface area contributed by atoms with E-state index in [-0.39, 0.29) is 69.7 Å². The van der Waals surface area contributed by atoms with Crippen molar-refractivity contribution in [3.05, 3.63) is 0 Å². The molecular formula is C30H50N6O13. The molecule has 278 valence electrons. The van der Waals surface area contributed by atoms with Crippen LogP contribution in [-0.4, -0.2) is 124 Å². The molecule has 0 spiro atoms. The molecule has 0 radical (unpaired) electrons. The Hall–Kier alpha value is -4.65. The lowest BCUT2D eigenvalue weighted by atomic mass is 10.1. The minimum Gasteiger partial charge on any atom is -0.480 e. The van der Waals surface area contributed by atoms with Gasteiger partial charge in [0, 0.05) is 32.7 Å². The van der Waals surface area contributed by atoms with Gasteiger partial charge in [-0.3, -0.25) is 28.8 Å². The number of carbonyl (C=O) groups excluding carboxylic acids is 5. The number of aliphatic carboxylic acids is 4. The zero-order valence-corrected chi connectivity index (χ0v) is 28.0. The average molecular weight is 703 g/mol. The van der Waals surface area contributed by atoms with Crippen LogP contribution < -0.4 is 31.9 Å². The number of ketones is 1. The van der Waals surface area contributed by atoms with Crippen LogP contribution in [0.4, 0.5) is 0 Å². The molecule has 19 heteroatoms. The summed E-state index contributed by atoms with van der Waals surface area (Å²) in [7, 11) is 1.69. The predicted molar refractivity (Wildman–Crippen MR) is 171 cm³/mol. The lowest BCUT2D eigenvalue weighted by Gasteiger charge is -2.18. The second kappa shape index (κ2) is 24.5. The molecule has 49 heavy (non-hydrogen) atoms. The zero-order valence-electron chi connectivity index (χ0n) is 28.0. The molecule has 4 amide bonds. The third kappa shape index (κ3) is 21.0. The lowest BCUT2D eigenvalue weighted by Crippen LogP contribution is -2.44. The molecule has 0 aromatic carbocycles. The highest BCUT2D eigenvalue weighted by molar-refractivity contribution is 5.86. The number of unbranched alkanes of at least 4 members (excludes halogenated alkanes) is 1. The Labute approximate surface area is 283 Å². The maximum Gasteiger partial charge on any atom is 0.326 e. The maximum absolute atomic E-state index is 12.4. The molecule has 0 saturated heterocycles. The quantitative estimate of drug-likeness (QED) is 0.0408. The van der Waals surface area contributed by atoms with Gasteiger partial charge in [0.25, 0.3) is 0 Å². The van der Waals surface area contributed by atoms with Gasteiger partial charge in [0.1, 0.15) is 30.0 Å². The Morgan fingerprint density at radius 3 is 1.37 bits per heavy atom. The minimum atomic E-state index is -1.38. The predicted octanol–water partition coefficient (Wildman–Crippen LogP) is -1.66. The number of nitrogens with one attached hydrogen (secondary N) is 6. The summed E-state index contributed by atoms with van der Waals surface area (Å²) in [5.41, 5.74) is 0. The van der Waals surface area contributed by atoms with Gasteiger partial charge in [-0.2, -0.15) is 0 Å². The molecule has 0 aliphatic rings. The molecule has 19 nitrogen and oxygen atoms in total. The smallest absolute Gasteiger partial charge is 0.326 e. The van der Waals surface area contributed by atoms with Gasteiger partial charge < -0.3 is 52.3 Å². The van der Waals surface area contributed by atoms with Crippen molar-refractivity contribution in [3.8, 4) is 0 Å². The summed E-state index contributed by atoms with van der Waals surface area (Å²) in [6.45, 7) is 2.92. The van der Waals surface area contributed by atoms with E-state index in [9.17, 15) is 58.5 Å². The second-order valence-corrected chi connectivity index (χ2v) is 11.4. The van der Waals surface area contributed by atoms with Gasteiger partial charge in [0.15, 0.2) is 0 Å². The first-order valence-electron chi connectivity index (χ1n) is 15.9. The van der Waals surface area contributed by atoms with E-state index < -0.39 is 71.7 Å². The van der Waals surface area contributed by atoms with Crippen molar-refractivity contribution in [3.63, 3.8) is 0 Å². The van der Waals surface area contributed by atoms with E-state index in [0.717, 1.165) is 6.92 Å². The highest BCUT2D eigenvalue weighted by atomic mass is 16.4. The van der Waals surface area contributed by atoms with Gasteiger partial charge >= 0.3 is 23.9 Å². The molecule has 5 unspecified atom stereocenters. The molecule has 0 saturated carbocycles. The van der Waals surface area contributed by atoms with Crippen molar-refractivity contribution in [1.82, 2.24) is 31.9 Å².